The number of benzene rings is 2. The van der Waals surface area contributed by atoms with Crippen molar-refractivity contribution < 1.29 is 9.53 Å². The van der Waals surface area contributed by atoms with Gasteiger partial charge in [-0.2, -0.15) is 0 Å². The number of fused-ring (bicyclic) bond motifs is 1. The molecule has 0 saturated carbocycles. The molecular weight excluding hydrogens is 240 g/mol. The first-order chi connectivity index (χ1) is 9.31. The molecule has 0 saturated heterocycles. The lowest BCUT2D eigenvalue weighted by Crippen LogP contribution is -2.25. The third-order valence-electron chi connectivity index (χ3n) is 2.95. The van der Waals surface area contributed by atoms with Crippen molar-refractivity contribution >= 4 is 17.3 Å². The smallest absolute Gasteiger partial charge is 0.262 e. The van der Waals surface area contributed by atoms with Gasteiger partial charge in [0.2, 0.25) is 0 Å². The van der Waals surface area contributed by atoms with Crippen LogP contribution in [0.15, 0.2) is 48.5 Å². The van der Waals surface area contributed by atoms with Crippen molar-refractivity contribution in [3.8, 4) is 5.75 Å². The first-order valence-electron chi connectivity index (χ1n) is 6.16. The SMILES string of the molecule is O=C1COc2ccc(NCc3ccccc3)cc2N1. The summed E-state index contributed by atoms with van der Waals surface area (Å²) in [5.41, 5.74) is 2.88. The van der Waals surface area contributed by atoms with Gasteiger partial charge in [-0.25, -0.2) is 0 Å². The van der Waals surface area contributed by atoms with E-state index in [2.05, 4.69) is 22.8 Å². The lowest BCUT2D eigenvalue weighted by Gasteiger charge is -2.18. The van der Waals surface area contributed by atoms with Crippen LogP contribution >= 0.6 is 0 Å². The average Bonchev–Trinajstić information content (AvgIpc) is 2.46. The van der Waals surface area contributed by atoms with Crippen LogP contribution in [0.4, 0.5) is 11.4 Å². The second kappa shape index (κ2) is 5.02. The molecule has 4 heteroatoms. The van der Waals surface area contributed by atoms with Crippen molar-refractivity contribution in [2.24, 2.45) is 0 Å². The highest BCUT2D eigenvalue weighted by atomic mass is 16.5. The van der Waals surface area contributed by atoms with Crippen LogP contribution in [0.3, 0.4) is 0 Å². The van der Waals surface area contributed by atoms with Crippen molar-refractivity contribution in [1.29, 1.82) is 0 Å². The minimum atomic E-state index is -0.118. The van der Waals surface area contributed by atoms with Gasteiger partial charge in [0.05, 0.1) is 5.69 Å². The van der Waals surface area contributed by atoms with Crippen LogP contribution in [-0.4, -0.2) is 12.5 Å². The van der Waals surface area contributed by atoms with E-state index < -0.39 is 0 Å². The third-order valence-corrected chi connectivity index (χ3v) is 2.95. The average molecular weight is 254 g/mol. The van der Waals surface area contributed by atoms with Crippen LogP contribution in [-0.2, 0) is 11.3 Å². The molecule has 0 unspecified atom stereocenters. The van der Waals surface area contributed by atoms with E-state index in [0.717, 1.165) is 12.2 Å². The molecule has 19 heavy (non-hydrogen) atoms. The first kappa shape index (κ1) is 11.6. The molecular formula is C15H14N2O2. The van der Waals surface area contributed by atoms with Crippen LogP contribution in [0.5, 0.6) is 5.75 Å². The van der Waals surface area contributed by atoms with Crippen molar-refractivity contribution in [2.75, 3.05) is 17.2 Å². The van der Waals surface area contributed by atoms with Crippen molar-refractivity contribution in [3.63, 3.8) is 0 Å². The van der Waals surface area contributed by atoms with Gasteiger partial charge in [0.25, 0.3) is 5.91 Å². The molecule has 2 aromatic carbocycles. The molecule has 0 aromatic heterocycles. The quantitative estimate of drug-likeness (QED) is 0.885. The Hall–Kier alpha value is -2.49. The molecule has 2 N–H and O–H groups in total. The largest absolute Gasteiger partial charge is 0.482 e. The molecule has 1 heterocycles. The number of hydrogen-bond acceptors (Lipinski definition) is 3. The van der Waals surface area contributed by atoms with E-state index in [9.17, 15) is 4.79 Å². The maximum atomic E-state index is 11.3. The van der Waals surface area contributed by atoms with Crippen molar-refractivity contribution in [2.45, 2.75) is 6.54 Å². The molecule has 0 bridgehead atoms. The zero-order chi connectivity index (χ0) is 13.1. The molecule has 0 aliphatic carbocycles. The minimum absolute atomic E-state index is 0.0871. The van der Waals surface area contributed by atoms with Crippen LogP contribution in [0, 0.1) is 0 Å². The zero-order valence-corrected chi connectivity index (χ0v) is 10.3. The summed E-state index contributed by atoms with van der Waals surface area (Å²) in [5.74, 6) is 0.595. The number of anilines is 2. The van der Waals surface area contributed by atoms with E-state index >= 15 is 0 Å². The highest BCUT2D eigenvalue weighted by molar-refractivity contribution is 5.96. The van der Waals surface area contributed by atoms with E-state index in [4.69, 9.17) is 4.74 Å². The maximum Gasteiger partial charge on any atom is 0.262 e. The number of carbonyl (C=O) groups is 1. The Labute approximate surface area is 111 Å². The fourth-order valence-corrected chi connectivity index (χ4v) is 1.99. The van der Waals surface area contributed by atoms with Gasteiger partial charge in [0.1, 0.15) is 5.75 Å². The predicted molar refractivity (Wildman–Crippen MR) is 74.3 cm³/mol. The van der Waals surface area contributed by atoms with Gasteiger partial charge in [-0.1, -0.05) is 30.3 Å². The van der Waals surface area contributed by atoms with Crippen LogP contribution in [0.25, 0.3) is 0 Å². The molecule has 1 aliphatic rings. The number of nitrogens with one attached hydrogen (secondary N) is 2. The summed E-state index contributed by atoms with van der Waals surface area (Å²) < 4.78 is 5.31. The Balaban J connectivity index is 1.72. The van der Waals surface area contributed by atoms with E-state index in [1.54, 1.807) is 0 Å². The van der Waals surface area contributed by atoms with Gasteiger partial charge in [-0.05, 0) is 23.8 Å². The van der Waals surface area contributed by atoms with Crippen molar-refractivity contribution in [3.05, 3.63) is 54.1 Å². The standard InChI is InChI=1S/C15H14N2O2/c18-15-10-19-14-7-6-12(8-13(14)17-15)16-9-11-4-2-1-3-5-11/h1-8,16H,9-10H2,(H,17,18). The van der Waals surface area contributed by atoms with Gasteiger partial charge in [-0.15, -0.1) is 0 Å². The van der Waals surface area contributed by atoms with Gasteiger partial charge in [0.15, 0.2) is 6.61 Å². The van der Waals surface area contributed by atoms with Crippen LogP contribution in [0.1, 0.15) is 5.56 Å². The van der Waals surface area contributed by atoms with Gasteiger partial charge < -0.3 is 15.4 Å². The van der Waals surface area contributed by atoms with Gasteiger partial charge in [0, 0.05) is 12.2 Å². The highest BCUT2D eigenvalue weighted by Crippen LogP contribution is 2.30. The van der Waals surface area contributed by atoms with E-state index in [1.165, 1.54) is 5.56 Å². The molecule has 3 rings (SSSR count). The summed E-state index contributed by atoms with van der Waals surface area (Å²) in [6, 6.07) is 15.8. The number of ether oxygens (including phenoxy) is 1. The summed E-state index contributed by atoms with van der Waals surface area (Å²) in [5, 5.41) is 6.11. The number of rotatable bonds is 3. The zero-order valence-electron chi connectivity index (χ0n) is 10.3. The highest BCUT2D eigenvalue weighted by Gasteiger charge is 2.15. The summed E-state index contributed by atoms with van der Waals surface area (Å²) in [4.78, 5) is 11.3. The molecule has 4 nitrogen and oxygen atoms in total. The Morgan fingerprint density at radius 1 is 1.16 bits per heavy atom. The number of hydrogen-bond donors (Lipinski definition) is 2. The van der Waals surface area contributed by atoms with E-state index in [1.807, 2.05) is 36.4 Å². The lowest BCUT2D eigenvalue weighted by molar-refractivity contribution is -0.118. The van der Waals surface area contributed by atoms with E-state index in [0.29, 0.717) is 11.4 Å². The second-order valence-electron chi connectivity index (χ2n) is 4.39. The van der Waals surface area contributed by atoms with E-state index in [-0.39, 0.29) is 12.5 Å². The summed E-state index contributed by atoms with van der Waals surface area (Å²) in [6.45, 7) is 0.832. The van der Waals surface area contributed by atoms with Crippen LogP contribution < -0.4 is 15.4 Å². The van der Waals surface area contributed by atoms with Gasteiger partial charge >= 0.3 is 0 Å². The Kier molecular flexibility index (Phi) is 3.06. The Bertz CT molecular complexity index is 596. The Morgan fingerprint density at radius 3 is 2.84 bits per heavy atom. The summed E-state index contributed by atoms with van der Waals surface area (Å²) >= 11 is 0. The van der Waals surface area contributed by atoms with Crippen LogP contribution in [0.2, 0.25) is 0 Å². The minimum Gasteiger partial charge on any atom is -0.482 e. The summed E-state index contributed by atoms with van der Waals surface area (Å²) in [6.07, 6.45) is 0. The fourth-order valence-electron chi connectivity index (χ4n) is 1.99. The lowest BCUT2D eigenvalue weighted by atomic mass is 10.2. The molecule has 0 radical (unpaired) electrons. The normalized spacial score (nSPS) is 13.2. The molecule has 96 valence electrons. The molecule has 2 aromatic rings. The first-order valence-corrected chi connectivity index (χ1v) is 6.16. The third kappa shape index (κ3) is 2.68. The predicted octanol–water partition coefficient (Wildman–Crippen LogP) is 2.63. The molecule has 1 aliphatic heterocycles. The topological polar surface area (TPSA) is 50.4 Å². The molecule has 0 spiro atoms. The molecule has 0 fully saturated rings. The summed E-state index contributed by atoms with van der Waals surface area (Å²) in [7, 11) is 0. The molecule has 0 atom stereocenters. The molecule has 1 amide bonds. The number of carbonyl (C=O) groups excluding carboxylic acids is 1. The second-order valence-corrected chi connectivity index (χ2v) is 4.39. The monoisotopic (exact) mass is 254 g/mol. The number of amides is 1. The van der Waals surface area contributed by atoms with Gasteiger partial charge in [-0.3, -0.25) is 4.79 Å². The van der Waals surface area contributed by atoms with Crippen molar-refractivity contribution in [1.82, 2.24) is 0 Å². The maximum absolute atomic E-state index is 11.3. The Morgan fingerprint density at radius 2 is 2.00 bits per heavy atom. The fraction of sp³-hybridized carbons (Fsp3) is 0.133.